The van der Waals surface area contributed by atoms with Crippen LogP contribution in [0.25, 0.3) is 0 Å². The number of carbonyl (C=O) groups excluding carboxylic acids is 1. The van der Waals surface area contributed by atoms with E-state index in [4.69, 9.17) is 0 Å². The van der Waals surface area contributed by atoms with E-state index in [1.807, 2.05) is 25.1 Å². The molecule has 0 spiro atoms. The number of anilines is 5. The van der Waals surface area contributed by atoms with Crippen LogP contribution in [0, 0.1) is 20.8 Å². The number of aryl methyl sites for hydroxylation is 2. The lowest BCUT2D eigenvalue weighted by Crippen LogP contribution is -2.47. The summed E-state index contributed by atoms with van der Waals surface area (Å²) in [6.45, 7) is 11.2. The molecule has 4 rings (SSSR count). The van der Waals surface area contributed by atoms with E-state index in [1.165, 1.54) is 30.1 Å². The number of piperazine rings is 1. The van der Waals surface area contributed by atoms with Crippen molar-refractivity contribution in [1.82, 2.24) is 15.0 Å². The number of hydrogen-bond donors (Lipinski definition) is 2. The van der Waals surface area contributed by atoms with Gasteiger partial charge in [0.15, 0.2) is 0 Å². The fourth-order valence-electron chi connectivity index (χ4n) is 3.80. The third kappa shape index (κ3) is 4.80. The molecule has 0 bridgehead atoms. The van der Waals surface area contributed by atoms with Gasteiger partial charge in [0, 0.05) is 50.2 Å². The molecule has 0 atom stereocenters. The first-order valence-corrected chi connectivity index (χ1v) is 10.8. The van der Waals surface area contributed by atoms with Crippen LogP contribution < -0.4 is 20.4 Å². The molecule has 0 radical (unpaired) electrons. The van der Waals surface area contributed by atoms with Gasteiger partial charge in [0.25, 0.3) is 0 Å². The van der Waals surface area contributed by atoms with Crippen molar-refractivity contribution in [2.45, 2.75) is 27.7 Å². The highest BCUT2D eigenvalue weighted by molar-refractivity contribution is 5.90. The van der Waals surface area contributed by atoms with Crippen LogP contribution in [0.5, 0.6) is 0 Å². The summed E-state index contributed by atoms with van der Waals surface area (Å²) in [5, 5.41) is 6.10. The van der Waals surface area contributed by atoms with Crippen LogP contribution in [0.15, 0.2) is 42.7 Å². The van der Waals surface area contributed by atoms with E-state index in [0.717, 1.165) is 43.1 Å². The molecule has 166 valence electrons. The average molecular weight is 432 g/mol. The van der Waals surface area contributed by atoms with Gasteiger partial charge in [-0.15, -0.1) is 0 Å². The predicted octanol–water partition coefficient (Wildman–Crippen LogP) is 3.83. The van der Waals surface area contributed by atoms with Gasteiger partial charge in [0.05, 0.1) is 0 Å². The zero-order valence-corrected chi connectivity index (χ0v) is 19.0. The van der Waals surface area contributed by atoms with Crippen molar-refractivity contribution in [2.24, 2.45) is 0 Å². The Morgan fingerprint density at radius 2 is 1.62 bits per heavy atom. The summed E-state index contributed by atoms with van der Waals surface area (Å²) in [5.41, 5.74) is 6.42. The molecular formula is C24H29N7O. The molecule has 0 unspecified atom stereocenters. The zero-order chi connectivity index (χ0) is 22.7. The highest BCUT2D eigenvalue weighted by Crippen LogP contribution is 2.26. The molecule has 32 heavy (non-hydrogen) atoms. The van der Waals surface area contributed by atoms with Crippen LogP contribution in [-0.4, -0.2) is 47.0 Å². The molecule has 2 N–H and O–H groups in total. The molecule has 8 heteroatoms. The monoisotopic (exact) mass is 431 g/mol. The number of nitrogens with zero attached hydrogens (tertiary/aromatic N) is 5. The maximum Gasteiger partial charge on any atom is 0.232 e. The number of carbonyl (C=O) groups is 1. The standard InChI is InChI=1S/C24H29N7O/c1-16-8-9-20(14-17(16)2)30-10-12-31(13-11-30)24-26-15-25-23(29-24)28-22-7-5-6-21(18(22)3)27-19(4)32/h5-9,14-15H,10-13H2,1-4H3,(H,27,32)(H,25,26,28,29). The maximum atomic E-state index is 11.4. The second-order valence-corrected chi connectivity index (χ2v) is 8.14. The number of benzene rings is 2. The third-order valence-corrected chi connectivity index (χ3v) is 5.87. The Labute approximate surface area is 188 Å². The molecule has 1 fully saturated rings. The molecule has 1 saturated heterocycles. The zero-order valence-electron chi connectivity index (χ0n) is 19.0. The first-order valence-electron chi connectivity index (χ1n) is 10.8. The smallest absolute Gasteiger partial charge is 0.232 e. The summed E-state index contributed by atoms with van der Waals surface area (Å²) < 4.78 is 0. The van der Waals surface area contributed by atoms with Gasteiger partial charge >= 0.3 is 0 Å². The van der Waals surface area contributed by atoms with Gasteiger partial charge in [0.1, 0.15) is 6.33 Å². The minimum atomic E-state index is -0.104. The lowest BCUT2D eigenvalue weighted by atomic mass is 10.1. The van der Waals surface area contributed by atoms with E-state index < -0.39 is 0 Å². The van der Waals surface area contributed by atoms with Crippen molar-refractivity contribution >= 4 is 34.9 Å². The Morgan fingerprint density at radius 1 is 0.906 bits per heavy atom. The van der Waals surface area contributed by atoms with Crippen molar-refractivity contribution in [3.63, 3.8) is 0 Å². The SMILES string of the molecule is CC(=O)Nc1cccc(Nc2ncnc(N3CCN(c4ccc(C)c(C)c4)CC3)n2)c1C. The van der Waals surface area contributed by atoms with Crippen molar-refractivity contribution in [2.75, 3.05) is 46.6 Å². The van der Waals surface area contributed by atoms with Gasteiger partial charge in [-0.1, -0.05) is 12.1 Å². The van der Waals surface area contributed by atoms with Crippen LogP contribution in [0.1, 0.15) is 23.6 Å². The molecule has 2 aromatic carbocycles. The van der Waals surface area contributed by atoms with Gasteiger partial charge < -0.3 is 20.4 Å². The van der Waals surface area contributed by atoms with Crippen molar-refractivity contribution in [1.29, 1.82) is 0 Å². The topological polar surface area (TPSA) is 86.3 Å². The minimum absolute atomic E-state index is 0.104. The van der Waals surface area contributed by atoms with Crippen LogP contribution in [0.4, 0.5) is 29.0 Å². The van der Waals surface area contributed by atoms with Crippen LogP contribution in [0.2, 0.25) is 0 Å². The predicted molar refractivity (Wildman–Crippen MR) is 129 cm³/mol. The van der Waals surface area contributed by atoms with Gasteiger partial charge in [-0.3, -0.25) is 4.79 Å². The van der Waals surface area contributed by atoms with E-state index in [2.05, 4.69) is 67.4 Å². The molecular weight excluding hydrogens is 402 g/mol. The normalized spacial score (nSPS) is 13.8. The van der Waals surface area contributed by atoms with Gasteiger partial charge in [-0.05, 0) is 61.7 Å². The Balaban J connectivity index is 1.44. The number of hydrogen-bond acceptors (Lipinski definition) is 7. The second-order valence-electron chi connectivity index (χ2n) is 8.14. The number of amides is 1. The first kappa shape index (κ1) is 21.5. The highest BCUT2D eigenvalue weighted by atomic mass is 16.1. The van der Waals surface area contributed by atoms with Crippen molar-refractivity contribution in [3.05, 3.63) is 59.4 Å². The van der Waals surface area contributed by atoms with Gasteiger partial charge in [0.2, 0.25) is 17.8 Å². The van der Waals surface area contributed by atoms with E-state index >= 15 is 0 Å². The quantitative estimate of drug-likeness (QED) is 0.635. The van der Waals surface area contributed by atoms with Gasteiger partial charge in [-0.2, -0.15) is 4.98 Å². The van der Waals surface area contributed by atoms with Gasteiger partial charge in [-0.25, -0.2) is 9.97 Å². The Bertz CT molecular complexity index is 1120. The summed E-state index contributed by atoms with van der Waals surface area (Å²) in [4.78, 5) is 29.3. The average Bonchev–Trinajstić information content (AvgIpc) is 2.78. The molecule has 0 saturated carbocycles. The molecule has 3 aromatic rings. The lowest BCUT2D eigenvalue weighted by Gasteiger charge is -2.36. The first-order chi connectivity index (χ1) is 15.4. The third-order valence-electron chi connectivity index (χ3n) is 5.87. The molecule has 1 aromatic heterocycles. The summed E-state index contributed by atoms with van der Waals surface area (Å²) in [5.74, 6) is 1.04. The Morgan fingerprint density at radius 3 is 2.34 bits per heavy atom. The van der Waals surface area contributed by atoms with Crippen LogP contribution in [0.3, 0.4) is 0 Å². The molecule has 2 heterocycles. The minimum Gasteiger partial charge on any atom is -0.368 e. The van der Waals surface area contributed by atoms with E-state index in [0.29, 0.717) is 11.9 Å². The van der Waals surface area contributed by atoms with Crippen LogP contribution in [-0.2, 0) is 4.79 Å². The highest BCUT2D eigenvalue weighted by Gasteiger charge is 2.20. The van der Waals surface area contributed by atoms with E-state index in [9.17, 15) is 4.79 Å². The Kier molecular flexibility index (Phi) is 6.20. The lowest BCUT2D eigenvalue weighted by molar-refractivity contribution is -0.114. The summed E-state index contributed by atoms with van der Waals surface area (Å²) in [6, 6.07) is 12.3. The Hall–Kier alpha value is -3.68. The number of rotatable bonds is 5. The van der Waals surface area contributed by atoms with Crippen molar-refractivity contribution in [3.8, 4) is 0 Å². The summed E-state index contributed by atoms with van der Waals surface area (Å²) >= 11 is 0. The van der Waals surface area contributed by atoms with Crippen LogP contribution >= 0.6 is 0 Å². The molecule has 1 aliphatic heterocycles. The number of nitrogens with one attached hydrogen (secondary N) is 2. The largest absolute Gasteiger partial charge is 0.368 e. The maximum absolute atomic E-state index is 11.4. The molecule has 1 amide bonds. The molecule has 0 aliphatic carbocycles. The number of aromatic nitrogens is 3. The molecule has 8 nitrogen and oxygen atoms in total. The summed E-state index contributed by atoms with van der Waals surface area (Å²) in [7, 11) is 0. The summed E-state index contributed by atoms with van der Waals surface area (Å²) in [6.07, 6.45) is 1.54. The van der Waals surface area contributed by atoms with E-state index in [1.54, 1.807) is 0 Å². The molecule has 1 aliphatic rings. The second kappa shape index (κ2) is 9.21. The van der Waals surface area contributed by atoms with Crippen molar-refractivity contribution < 1.29 is 4.79 Å². The van der Waals surface area contributed by atoms with E-state index in [-0.39, 0.29) is 5.91 Å². The fourth-order valence-corrected chi connectivity index (χ4v) is 3.80. The fraction of sp³-hybridized carbons (Fsp3) is 0.333.